The van der Waals surface area contributed by atoms with E-state index in [0.717, 1.165) is 21.0 Å². The van der Waals surface area contributed by atoms with E-state index in [2.05, 4.69) is 0 Å². The number of aryl methyl sites for hydroxylation is 1. The Balaban J connectivity index is 2.14. The van der Waals surface area contributed by atoms with Crippen molar-refractivity contribution in [3.8, 4) is 0 Å². The van der Waals surface area contributed by atoms with Crippen molar-refractivity contribution in [3.05, 3.63) is 51.1 Å². The largest absolute Gasteiger partial charge is 0.349 e. The first-order valence-electron chi connectivity index (χ1n) is 7.18. The standard InChI is InChI=1S/C14H18N4O4S/c1-10-11-5-4-6-17(11)7-8-18(10)23(21,22)12-9-15(2)14(20)16(3)13(12)19/h4-6,9-10H,7-8H2,1-3H3/t10-/m1/s1. The third kappa shape index (κ3) is 2.27. The molecule has 23 heavy (non-hydrogen) atoms. The van der Waals surface area contributed by atoms with Crippen LogP contribution >= 0.6 is 0 Å². The Bertz CT molecular complexity index is 983. The zero-order valence-corrected chi connectivity index (χ0v) is 13.9. The summed E-state index contributed by atoms with van der Waals surface area (Å²) in [4.78, 5) is 23.6. The van der Waals surface area contributed by atoms with Gasteiger partial charge in [-0.2, -0.15) is 4.31 Å². The summed E-state index contributed by atoms with van der Waals surface area (Å²) in [5.41, 5.74) is -0.489. The molecule has 0 bridgehead atoms. The van der Waals surface area contributed by atoms with E-state index in [0.29, 0.717) is 6.54 Å². The molecule has 0 amide bonds. The lowest BCUT2D eigenvalue weighted by atomic mass is 10.2. The average Bonchev–Trinajstić information content (AvgIpc) is 2.98. The predicted molar refractivity (Wildman–Crippen MR) is 83.7 cm³/mol. The Morgan fingerprint density at radius 3 is 2.57 bits per heavy atom. The molecule has 1 aliphatic rings. The van der Waals surface area contributed by atoms with Gasteiger partial charge in [-0.05, 0) is 19.1 Å². The fourth-order valence-corrected chi connectivity index (χ4v) is 4.71. The SMILES string of the molecule is C[C@@H]1c2cccn2CCN1S(=O)(=O)c1cn(C)c(=O)n(C)c1=O. The van der Waals surface area contributed by atoms with E-state index in [9.17, 15) is 18.0 Å². The zero-order chi connectivity index (χ0) is 16.9. The van der Waals surface area contributed by atoms with Gasteiger partial charge >= 0.3 is 5.69 Å². The minimum Gasteiger partial charge on any atom is -0.349 e. The molecule has 0 radical (unpaired) electrons. The van der Waals surface area contributed by atoms with Crippen molar-refractivity contribution >= 4 is 10.0 Å². The van der Waals surface area contributed by atoms with E-state index in [1.165, 1.54) is 18.4 Å². The van der Waals surface area contributed by atoms with Crippen LogP contribution < -0.4 is 11.2 Å². The predicted octanol–water partition coefficient (Wildman–Crippen LogP) is -0.349. The molecular weight excluding hydrogens is 320 g/mol. The summed E-state index contributed by atoms with van der Waals surface area (Å²) in [6.45, 7) is 2.59. The summed E-state index contributed by atoms with van der Waals surface area (Å²) in [6.07, 6.45) is 3.00. The summed E-state index contributed by atoms with van der Waals surface area (Å²) < 4.78 is 31.1. The van der Waals surface area contributed by atoms with E-state index in [4.69, 9.17) is 0 Å². The quantitative estimate of drug-likeness (QED) is 0.749. The molecule has 0 aromatic carbocycles. The van der Waals surface area contributed by atoms with Crippen LogP contribution in [0.5, 0.6) is 0 Å². The van der Waals surface area contributed by atoms with Crippen LogP contribution in [0, 0.1) is 0 Å². The summed E-state index contributed by atoms with van der Waals surface area (Å²) >= 11 is 0. The topological polar surface area (TPSA) is 86.3 Å². The number of nitrogens with zero attached hydrogens (tertiary/aromatic N) is 4. The molecule has 9 heteroatoms. The van der Waals surface area contributed by atoms with Crippen molar-refractivity contribution in [3.63, 3.8) is 0 Å². The Morgan fingerprint density at radius 2 is 1.87 bits per heavy atom. The van der Waals surface area contributed by atoms with Crippen LogP contribution in [0.15, 0.2) is 39.0 Å². The van der Waals surface area contributed by atoms with Crippen LogP contribution in [0.4, 0.5) is 0 Å². The zero-order valence-electron chi connectivity index (χ0n) is 13.1. The van der Waals surface area contributed by atoms with Crippen LogP contribution in [-0.4, -0.2) is 33.0 Å². The van der Waals surface area contributed by atoms with Gasteiger partial charge in [-0.15, -0.1) is 0 Å². The molecular formula is C14H18N4O4S. The maximum atomic E-state index is 13.0. The third-order valence-electron chi connectivity index (χ3n) is 4.29. The van der Waals surface area contributed by atoms with Gasteiger partial charge in [0.1, 0.15) is 0 Å². The van der Waals surface area contributed by atoms with Crippen molar-refractivity contribution in [2.45, 2.75) is 24.4 Å². The summed E-state index contributed by atoms with van der Waals surface area (Å²) in [6, 6.07) is 3.35. The number of hydrogen-bond acceptors (Lipinski definition) is 4. The van der Waals surface area contributed by atoms with Crippen molar-refractivity contribution in [1.82, 2.24) is 18.0 Å². The van der Waals surface area contributed by atoms with Gasteiger partial charge in [-0.3, -0.25) is 9.36 Å². The number of hydrogen-bond donors (Lipinski definition) is 0. The maximum Gasteiger partial charge on any atom is 0.330 e. The van der Waals surface area contributed by atoms with Gasteiger partial charge in [0, 0.05) is 45.3 Å². The third-order valence-corrected chi connectivity index (χ3v) is 6.24. The van der Waals surface area contributed by atoms with Crippen LogP contribution in [0.25, 0.3) is 0 Å². The first-order valence-corrected chi connectivity index (χ1v) is 8.62. The molecule has 2 aromatic rings. The molecule has 8 nitrogen and oxygen atoms in total. The molecule has 3 rings (SSSR count). The average molecular weight is 338 g/mol. The molecule has 0 fully saturated rings. The lowest BCUT2D eigenvalue weighted by Gasteiger charge is -2.33. The lowest BCUT2D eigenvalue weighted by molar-refractivity contribution is 0.281. The van der Waals surface area contributed by atoms with E-state index >= 15 is 0 Å². The highest BCUT2D eigenvalue weighted by molar-refractivity contribution is 7.89. The Morgan fingerprint density at radius 1 is 1.17 bits per heavy atom. The Labute approximate surface area is 133 Å². The molecule has 2 aromatic heterocycles. The van der Waals surface area contributed by atoms with Crippen molar-refractivity contribution in [2.75, 3.05) is 6.54 Å². The van der Waals surface area contributed by atoms with Gasteiger partial charge in [-0.1, -0.05) is 0 Å². The minimum atomic E-state index is -4.00. The lowest BCUT2D eigenvalue weighted by Crippen LogP contribution is -2.45. The molecule has 0 spiro atoms. The maximum absolute atomic E-state index is 13.0. The van der Waals surface area contributed by atoms with Crippen molar-refractivity contribution < 1.29 is 8.42 Å². The van der Waals surface area contributed by atoms with Gasteiger partial charge in [0.2, 0.25) is 0 Å². The number of aromatic nitrogens is 3. The Kier molecular flexibility index (Phi) is 3.56. The van der Waals surface area contributed by atoms with Crippen molar-refractivity contribution in [2.24, 2.45) is 14.1 Å². The number of rotatable bonds is 2. The number of fused-ring (bicyclic) bond motifs is 1. The molecule has 0 saturated carbocycles. The molecule has 0 N–H and O–H groups in total. The fraction of sp³-hybridized carbons (Fsp3) is 0.429. The van der Waals surface area contributed by atoms with E-state index in [-0.39, 0.29) is 17.5 Å². The van der Waals surface area contributed by atoms with Crippen LogP contribution in [-0.2, 0) is 30.7 Å². The second kappa shape index (κ2) is 5.20. The minimum absolute atomic E-state index is 0.275. The molecule has 0 aliphatic carbocycles. The summed E-state index contributed by atoms with van der Waals surface area (Å²) in [7, 11) is -1.30. The van der Waals surface area contributed by atoms with Crippen LogP contribution in [0.1, 0.15) is 18.7 Å². The second-order valence-corrected chi connectivity index (χ2v) is 7.53. The molecule has 0 saturated heterocycles. The van der Waals surface area contributed by atoms with Crippen LogP contribution in [0.3, 0.4) is 0 Å². The van der Waals surface area contributed by atoms with Gasteiger partial charge in [-0.25, -0.2) is 13.2 Å². The second-order valence-electron chi connectivity index (χ2n) is 5.67. The smallest absolute Gasteiger partial charge is 0.330 e. The molecule has 1 aliphatic heterocycles. The van der Waals surface area contributed by atoms with Crippen molar-refractivity contribution in [1.29, 1.82) is 0 Å². The van der Waals surface area contributed by atoms with E-state index < -0.39 is 21.3 Å². The van der Waals surface area contributed by atoms with Gasteiger partial charge in [0.15, 0.2) is 4.90 Å². The Hall–Kier alpha value is -2.13. The van der Waals surface area contributed by atoms with E-state index in [1.807, 2.05) is 22.9 Å². The van der Waals surface area contributed by atoms with Gasteiger partial charge in [0.05, 0.1) is 6.04 Å². The molecule has 1 atom stereocenters. The highest BCUT2D eigenvalue weighted by atomic mass is 32.2. The van der Waals surface area contributed by atoms with E-state index in [1.54, 1.807) is 6.92 Å². The molecule has 3 heterocycles. The molecule has 0 unspecified atom stereocenters. The normalized spacial score (nSPS) is 18.8. The van der Waals surface area contributed by atoms with Crippen LogP contribution in [0.2, 0.25) is 0 Å². The van der Waals surface area contributed by atoms with Gasteiger partial charge < -0.3 is 9.13 Å². The first kappa shape index (κ1) is 15.8. The van der Waals surface area contributed by atoms with Gasteiger partial charge in [0.25, 0.3) is 15.6 Å². The highest BCUT2D eigenvalue weighted by Crippen LogP contribution is 2.29. The number of sulfonamides is 1. The summed E-state index contributed by atoms with van der Waals surface area (Å²) in [5, 5.41) is 0. The highest BCUT2D eigenvalue weighted by Gasteiger charge is 2.36. The molecule has 124 valence electrons. The first-order chi connectivity index (χ1) is 10.7. The fourth-order valence-electron chi connectivity index (χ4n) is 2.96. The summed E-state index contributed by atoms with van der Waals surface area (Å²) in [5.74, 6) is 0. The monoisotopic (exact) mass is 338 g/mol.